The van der Waals surface area contributed by atoms with E-state index in [1.807, 2.05) is 17.8 Å². The van der Waals surface area contributed by atoms with Gasteiger partial charge < -0.3 is 5.32 Å². The van der Waals surface area contributed by atoms with Crippen LogP contribution >= 0.6 is 11.3 Å². The van der Waals surface area contributed by atoms with Crippen molar-refractivity contribution in [2.24, 2.45) is 5.92 Å². The molecular weight excluding hydrogens is 376 g/mol. The third kappa shape index (κ3) is 8.69. The topological polar surface area (TPSA) is 103 Å². The number of carbonyl (C=O) groups is 2. The van der Waals surface area contributed by atoms with Crippen LogP contribution in [0.4, 0.5) is 5.13 Å². The highest BCUT2D eigenvalue weighted by molar-refractivity contribution is 7.15. The largest absolute Gasteiger partial charge is 0.301 e. The van der Waals surface area contributed by atoms with Gasteiger partial charge in [-0.05, 0) is 38.5 Å². The van der Waals surface area contributed by atoms with Crippen LogP contribution in [0.1, 0.15) is 69.5 Å². The molecule has 0 aliphatic heterocycles. The maximum atomic E-state index is 11.9. The van der Waals surface area contributed by atoms with Crippen molar-refractivity contribution >= 4 is 28.2 Å². The van der Waals surface area contributed by atoms with Crippen molar-refractivity contribution in [2.45, 2.75) is 78.7 Å². The number of hydrogen-bond donors (Lipinski definition) is 1. The molecule has 28 heavy (non-hydrogen) atoms. The first-order chi connectivity index (χ1) is 13.4. The average molecular weight is 407 g/mol. The predicted molar refractivity (Wildman–Crippen MR) is 109 cm³/mol. The SMILES string of the molecule is Cc1nnc(NC(=O)CCCc2cn(CCCCCC(=O)CC(C)C)nn2)s1. The van der Waals surface area contributed by atoms with E-state index < -0.39 is 0 Å². The summed E-state index contributed by atoms with van der Waals surface area (Å²) in [7, 11) is 0. The van der Waals surface area contributed by atoms with E-state index in [9.17, 15) is 9.59 Å². The number of nitrogens with one attached hydrogen (secondary N) is 1. The summed E-state index contributed by atoms with van der Waals surface area (Å²) in [5.41, 5.74) is 0.895. The molecule has 2 heterocycles. The van der Waals surface area contributed by atoms with Gasteiger partial charge in [-0.3, -0.25) is 14.3 Å². The minimum atomic E-state index is -0.0597. The van der Waals surface area contributed by atoms with E-state index in [4.69, 9.17) is 0 Å². The zero-order valence-corrected chi connectivity index (χ0v) is 17.8. The summed E-state index contributed by atoms with van der Waals surface area (Å²) in [6.07, 6.45) is 8.09. The highest BCUT2D eigenvalue weighted by atomic mass is 32.1. The number of carbonyl (C=O) groups excluding carboxylic acids is 2. The minimum absolute atomic E-state index is 0.0597. The molecule has 154 valence electrons. The first-order valence-corrected chi connectivity index (χ1v) is 10.7. The molecule has 2 aromatic heterocycles. The summed E-state index contributed by atoms with van der Waals surface area (Å²) in [4.78, 5) is 23.6. The molecule has 0 aliphatic rings. The third-order valence-electron chi connectivity index (χ3n) is 4.17. The van der Waals surface area contributed by atoms with Gasteiger partial charge in [-0.15, -0.1) is 15.3 Å². The van der Waals surface area contributed by atoms with E-state index >= 15 is 0 Å². The van der Waals surface area contributed by atoms with Gasteiger partial charge in [-0.1, -0.05) is 36.8 Å². The van der Waals surface area contributed by atoms with E-state index in [1.54, 1.807) is 0 Å². The first kappa shape index (κ1) is 22.1. The number of aromatic nitrogens is 5. The Hall–Kier alpha value is -2.16. The van der Waals surface area contributed by atoms with Gasteiger partial charge in [-0.25, -0.2) is 0 Å². The fourth-order valence-corrected chi connectivity index (χ4v) is 3.46. The Morgan fingerprint density at radius 1 is 1.11 bits per heavy atom. The van der Waals surface area contributed by atoms with Gasteiger partial charge in [0.2, 0.25) is 11.0 Å². The number of aryl methyl sites for hydroxylation is 3. The zero-order chi connectivity index (χ0) is 20.4. The fraction of sp³-hybridized carbons (Fsp3) is 0.684. The number of hydrogen-bond acceptors (Lipinski definition) is 7. The van der Waals surface area contributed by atoms with Crippen LogP contribution in [0.2, 0.25) is 0 Å². The molecule has 0 saturated carbocycles. The molecule has 0 atom stereocenters. The Bertz CT molecular complexity index is 755. The van der Waals surface area contributed by atoms with Gasteiger partial charge in [0.05, 0.1) is 5.69 Å². The van der Waals surface area contributed by atoms with Crippen LogP contribution in [0.5, 0.6) is 0 Å². The maximum Gasteiger partial charge on any atom is 0.226 e. The van der Waals surface area contributed by atoms with Gasteiger partial charge in [0, 0.05) is 32.0 Å². The monoisotopic (exact) mass is 406 g/mol. The molecule has 0 fully saturated rings. The van der Waals surface area contributed by atoms with E-state index in [0.29, 0.717) is 48.9 Å². The van der Waals surface area contributed by atoms with Crippen molar-refractivity contribution in [3.8, 4) is 0 Å². The Balaban J connectivity index is 1.56. The lowest BCUT2D eigenvalue weighted by Crippen LogP contribution is -2.11. The molecule has 2 rings (SSSR count). The lowest BCUT2D eigenvalue weighted by Gasteiger charge is -2.04. The summed E-state index contributed by atoms with van der Waals surface area (Å²) >= 11 is 1.37. The molecular formula is C19H30N6O2S. The molecule has 0 bridgehead atoms. The normalized spacial score (nSPS) is 11.1. The smallest absolute Gasteiger partial charge is 0.226 e. The quantitative estimate of drug-likeness (QED) is 0.510. The van der Waals surface area contributed by atoms with E-state index in [1.165, 1.54) is 11.3 Å². The third-order valence-corrected chi connectivity index (χ3v) is 4.93. The highest BCUT2D eigenvalue weighted by Crippen LogP contribution is 2.14. The van der Waals surface area contributed by atoms with Crippen LogP contribution in [-0.4, -0.2) is 36.9 Å². The molecule has 0 aromatic carbocycles. The average Bonchev–Trinajstić information content (AvgIpc) is 3.23. The maximum absolute atomic E-state index is 11.9. The number of unbranched alkanes of at least 4 members (excludes halogenated alkanes) is 2. The second-order valence-electron chi connectivity index (χ2n) is 7.45. The molecule has 2 aromatic rings. The van der Waals surface area contributed by atoms with Crippen molar-refractivity contribution in [2.75, 3.05) is 5.32 Å². The number of amides is 1. The fourth-order valence-electron chi connectivity index (χ4n) is 2.85. The lowest BCUT2D eigenvalue weighted by atomic mass is 10.0. The number of ketones is 1. The van der Waals surface area contributed by atoms with E-state index in [2.05, 4.69) is 39.7 Å². The summed E-state index contributed by atoms with van der Waals surface area (Å²) in [5, 5.41) is 20.2. The van der Waals surface area contributed by atoms with Crippen LogP contribution in [0.15, 0.2) is 6.20 Å². The Labute approximate surface area is 170 Å². The zero-order valence-electron chi connectivity index (χ0n) is 17.0. The summed E-state index contributed by atoms with van der Waals surface area (Å²) < 4.78 is 1.84. The van der Waals surface area contributed by atoms with Gasteiger partial charge in [-0.2, -0.15) is 0 Å². The van der Waals surface area contributed by atoms with Crippen LogP contribution in [-0.2, 0) is 22.6 Å². The summed E-state index contributed by atoms with van der Waals surface area (Å²) in [6.45, 7) is 6.81. The predicted octanol–water partition coefficient (Wildman–Crippen LogP) is 3.58. The van der Waals surface area contributed by atoms with Crippen molar-refractivity contribution in [1.82, 2.24) is 25.2 Å². The molecule has 0 spiro atoms. The number of nitrogens with zero attached hydrogens (tertiary/aromatic N) is 5. The van der Waals surface area contributed by atoms with Crippen molar-refractivity contribution in [3.05, 3.63) is 16.9 Å². The van der Waals surface area contributed by atoms with E-state index in [0.717, 1.165) is 36.5 Å². The van der Waals surface area contributed by atoms with Gasteiger partial charge in [0.15, 0.2) is 0 Å². The Morgan fingerprint density at radius 2 is 1.93 bits per heavy atom. The standard InChI is InChI=1S/C19H30N6O2S/c1-14(2)12-17(26)9-5-4-6-11-25-13-16(22-24-25)8-7-10-18(27)20-19-23-21-15(3)28-19/h13-14H,4-12H2,1-3H3,(H,20,23,27). The minimum Gasteiger partial charge on any atom is -0.301 e. The number of Topliss-reactive ketones (excluding diaryl/α,β-unsaturated/α-hetero) is 1. The Kier molecular flexibility index (Phi) is 9.19. The molecule has 0 unspecified atom stereocenters. The summed E-state index contributed by atoms with van der Waals surface area (Å²) in [5.74, 6) is 0.750. The summed E-state index contributed by atoms with van der Waals surface area (Å²) in [6, 6.07) is 0. The number of rotatable bonds is 13. The van der Waals surface area contributed by atoms with Crippen LogP contribution < -0.4 is 5.32 Å². The molecule has 0 radical (unpaired) electrons. The number of anilines is 1. The molecule has 0 aliphatic carbocycles. The van der Waals surface area contributed by atoms with Crippen LogP contribution in [0.3, 0.4) is 0 Å². The van der Waals surface area contributed by atoms with Crippen molar-refractivity contribution < 1.29 is 9.59 Å². The molecule has 9 heteroatoms. The van der Waals surface area contributed by atoms with Gasteiger partial charge in [0.1, 0.15) is 10.8 Å². The van der Waals surface area contributed by atoms with Gasteiger partial charge >= 0.3 is 0 Å². The Morgan fingerprint density at radius 3 is 2.64 bits per heavy atom. The second kappa shape index (κ2) is 11.6. The van der Waals surface area contributed by atoms with Gasteiger partial charge in [0.25, 0.3) is 0 Å². The van der Waals surface area contributed by atoms with E-state index in [-0.39, 0.29) is 5.91 Å². The second-order valence-corrected chi connectivity index (χ2v) is 8.63. The highest BCUT2D eigenvalue weighted by Gasteiger charge is 2.08. The molecule has 1 N–H and O–H groups in total. The lowest BCUT2D eigenvalue weighted by molar-refractivity contribution is -0.120. The van der Waals surface area contributed by atoms with Crippen LogP contribution in [0.25, 0.3) is 0 Å². The molecule has 1 amide bonds. The first-order valence-electron chi connectivity index (χ1n) is 9.93. The van der Waals surface area contributed by atoms with Crippen molar-refractivity contribution in [3.63, 3.8) is 0 Å². The van der Waals surface area contributed by atoms with Crippen molar-refractivity contribution in [1.29, 1.82) is 0 Å². The molecule has 0 saturated heterocycles. The van der Waals surface area contributed by atoms with Crippen LogP contribution in [0, 0.1) is 12.8 Å². The molecule has 8 nitrogen and oxygen atoms in total.